The van der Waals surface area contributed by atoms with Crippen LogP contribution in [0.15, 0.2) is 24.3 Å². The maximum atomic E-state index is 11.1. The van der Waals surface area contributed by atoms with E-state index in [4.69, 9.17) is 0 Å². The van der Waals surface area contributed by atoms with Gasteiger partial charge in [0.2, 0.25) is 12.3 Å². The van der Waals surface area contributed by atoms with Gasteiger partial charge in [-0.3, -0.25) is 14.9 Å². The Morgan fingerprint density at radius 2 is 2.00 bits per heavy atom. The molecule has 0 saturated carbocycles. The largest absolute Gasteiger partial charge is 0.374 e. The van der Waals surface area contributed by atoms with Gasteiger partial charge >= 0.3 is 0 Å². The van der Waals surface area contributed by atoms with Gasteiger partial charge in [0.05, 0.1) is 0 Å². The number of rotatable bonds is 5. The molecule has 0 spiro atoms. The van der Waals surface area contributed by atoms with Crippen LogP contribution in [0.4, 0.5) is 5.69 Å². The van der Waals surface area contributed by atoms with Gasteiger partial charge in [0.1, 0.15) is 0 Å². The normalized spacial score (nSPS) is 9.62. The molecule has 0 unspecified atom stereocenters. The second kappa shape index (κ2) is 5.90. The van der Waals surface area contributed by atoms with Crippen LogP contribution in [0.5, 0.6) is 0 Å². The molecule has 0 aliphatic carbocycles. The predicted molar refractivity (Wildman–Crippen MR) is 63.3 cm³/mol. The van der Waals surface area contributed by atoms with Gasteiger partial charge in [-0.1, -0.05) is 17.7 Å². The van der Waals surface area contributed by atoms with E-state index in [1.165, 1.54) is 5.56 Å². The average Bonchev–Trinajstić information content (AvgIpc) is 2.27. The van der Waals surface area contributed by atoms with Gasteiger partial charge in [-0.15, -0.1) is 0 Å². The molecule has 0 radical (unpaired) electrons. The molecule has 4 heteroatoms. The fraction of sp³-hybridized carbons (Fsp3) is 0.333. The fourth-order valence-electron chi connectivity index (χ4n) is 1.34. The first-order valence-corrected chi connectivity index (χ1v) is 5.14. The molecule has 2 amide bonds. The van der Waals surface area contributed by atoms with Gasteiger partial charge in [0, 0.05) is 25.7 Å². The highest BCUT2D eigenvalue weighted by Gasteiger charge is 2.04. The summed E-state index contributed by atoms with van der Waals surface area (Å²) in [4.78, 5) is 23.1. The Kier molecular flexibility index (Phi) is 4.51. The zero-order chi connectivity index (χ0) is 12.0. The van der Waals surface area contributed by atoms with Gasteiger partial charge in [-0.05, 0) is 19.1 Å². The Morgan fingerprint density at radius 1 is 1.38 bits per heavy atom. The Bertz CT molecular complexity index is 360. The highest BCUT2D eigenvalue weighted by atomic mass is 16.2. The third-order valence-electron chi connectivity index (χ3n) is 2.37. The van der Waals surface area contributed by atoms with Gasteiger partial charge in [0.25, 0.3) is 0 Å². The van der Waals surface area contributed by atoms with Gasteiger partial charge in [0.15, 0.2) is 0 Å². The number of carbonyl (C=O) groups is 2. The Morgan fingerprint density at radius 3 is 2.56 bits per heavy atom. The summed E-state index contributed by atoms with van der Waals surface area (Å²) in [6.45, 7) is 2.62. The second-order valence-electron chi connectivity index (χ2n) is 3.69. The minimum absolute atomic E-state index is 0.256. The number of anilines is 1. The van der Waals surface area contributed by atoms with Crippen LogP contribution in [0.3, 0.4) is 0 Å². The van der Waals surface area contributed by atoms with E-state index in [2.05, 4.69) is 5.32 Å². The molecule has 0 bridgehead atoms. The van der Waals surface area contributed by atoms with E-state index in [1.807, 2.05) is 43.1 Å². The number of nitrogens with one attached hydrogen (secondary N) is 1. The number of hydrogen-bond acceptors (Lipinski definition) is 3. The molecule has 0 fully saturated rings. The highest BCUT2D eigenvalue weighted by Crippen LogP contribution is 2.13. The lowest BCUT2D eigenvalue weighted by Gasteiger charge is -2.18. The first kappa shape index (κ1) is 12.2. The van der Waals surface area contributed by atoms with Gasteiger partial charge in [-0.2, -0.15) is 0 Å². The molecule has 1 aromatic carbocycles. The monoisotopic (exact) mass is 220 g/mol. The van der Waals surface area contributed by atoms with E-state index in [0.29, 0.717) is 19.4 Å². The van der Waals surface area contributed by atoms with Crippen molar-refractivity contribution in [3.8, 4) is 0 Å². The molecule has 0 atom stereocenters. The Hall–Kier alpha value is -1.84. The summed E-state index contributed by atoms with van der Waals surface area (Å²) in [6, 6.07) is 8.06. The van der Waals surface area contributed by atoms with Crippen molar-refractivity contribution in [1.29, 1.82) is 0 Å². The van der Waals surface area contributed by atoms with E-state index < -0.39 is 0 Å². The summed E-state index contributed by atoms with van der Waals surface area (Å²) in [5, 5.41) is 2.12. The molecule has 4 nitrogen and oxygen atoms in total. The average molecular weight is 220 g/mol. The molecule has 1 rings (SSSR count). The first-order chi connectivity index (χ1) is 7.63. The third kappa shape index (κ3) is 3.73. The van der Waals surface area contributed by atoms with Crippen LogP contribution in [0, 0.1) is 6.92 Å². The number of nitrogens with zero attached hydrogens (tertiary/aromatic N) is 1. The summed E-state index contributed by atoms with van der Waals surface area (Å²) < 4.78 is 0. The van der Waals surface area contributed by atoms with Crippen molar-refractivity contribution in [3.63, 3.8) is 0 Å². The fourth-order valence-corrected chi connectivity index (χ4v) is 1.34. The lowest BCUT2D eigenvalue weighted by molar-refractivity contribution is -0.125. The minimum Gasteiger partial charge on any atom is -0.374 e. The molecule has 0 aliphatic rings. The maximum Gasteiger partial charge on any atom is 0.228 e. The lowest BCUT2D eigenvalue weighted by atomic mass is 10.2. The summed E-state index contributed by atoms with van der Waals surface area (Å²) in [7, 11) is 1.92. The van der Waals surface area contributed by atoms with Crippen molar-refractivity contribution in [2.45, 2.75) is 13.3 Å². The molecule has 1 aromatic rings. The Labute approximate surface area is 95.3 Å². The van der Waals surface area contributed by atoms with Crippen LogP contribution in [0.2, 0.25) is 0 Å². The van der Waals surface area contributed by atoms with Crippen molar-refractivity contribution in [2.24, 2.45) is 0 Å². The summed E-state index contributed by atoms with van der Waals surface area (Å²) in [5.41, 5.74) is 2.26. The zero-order valence-electron chi connectivity index (χ0n) is 9.56. The number of amides is 2. The third-order valence-corrected chi connectivity index (χ3v) is 2.37. The molecule has 86 valence electrons. The Balaban J connectivity index is 2.46. The van der Waals surface area contributed by atoms with Crippen LogP contribution in [0.1, 0.15) is 12.0 Å². The maximum absolute atomic E-state index is 11.1. The lowest BCUT2D eigenvalue weighted by Crippen LogP contribution is -2.27. The molecular weight excluding hydrogens is 204 g/mol. The number of carbonyl (C=O) groups excluding carboxylic acids is 2. The highest BCUT2D eigenvalue weighted by molar-refractivity contribution is 5.86. The smallest absolute Gasteiger partial charge is 0.228 e. The van der Waals surface area contributed by atoms with E-state index in [1.54, 1.807) is 0 Å². The van der Waals surface area contributed by atoms with Crippen molar-refractivity contribution < 1.29 is 9.59 Å². The molecule has 0 heterocycles. The zero-order valence-corrected chi connectivity index (χ0v) is 9.56. The number of imide groups is 1. The molecule has 16 heavy (non-hydrogen) atoms. The van der Waals surface area contributed by atoms with Crippen LogP contribution < -0.4 is 10.2 Å². The molecule has 0 aliphatic heterocycles. The molecule has 1 N–H and O–H groups in total. The summed E-state index contributed by atoms with van der Waals surface area (Å²) in [5.74, 6) is -0.256. The minimum atomic E-state index is -0.256. The first-order valence-electron chi connectivity index (χ1n) is 5.14. The summed E-state index contributed by atoms with van der Waals surface area (Å²) in [6.07, 6.45) is 0.720. The van der Waals surface area contributed by atoms with E-state index in [-0.39, 0.29) is 5.91 Å². The number of hydrogen-bond donors (Lipinski definition) is 1. The van der Waals surface area contributed by atoms with Gasteiger partial charge in [-0.25, -0.2) is 0 Å². The molecular formula is C12H16N2O2. The number of benzene rings is 1. The number of aryl methyl sites for hydroxylation is 1. The second-order valence-corrected chi connectivity index (χ2v) is 3.69. The van der Waals surface area contributed by atoms with Crippen LogP contribution in [-0.2, 0) is 9.59 Å². The van der Waals surface area contributed by atoms with Crippen LogP contribution >= 0.6 is 0 Å². The van der Waals surface area contributed by atoms with E-state index in [0.717, 1.165) is 5.69 Å². The van der Waals surface area contributed by atoms with Crippen molar-refractivity contribution >= 4 is 18.0 Å². The van der Waals surface area contributed by atoms with E-state index in [9.17, 15) is 9.59 Å². The van der Waals surface area contributed by atoms with E-state index >= 15 is 0 Å². The topological polar surface area (TPSA) is 49.4 Å². The predicted octanol–water partition coefficient (Wildman–Crippen LogP) is 1.09. The molecule has 0 aromatic heterocycles. The van der Waals surface area contributed by atoms with Gasteiger partial charge < -0.3 is 4.90 Å². The summed E-state index contributed by atoms with van der Waals surface area (Å²) >= 11 is 0. The van der Waals surface area contributed by atoms with Crippen molar-refractivity contribution in [3.05, 3.63) is 29.8 Å². The van der Waals surface area contributed by atoms with Crippen molar-refractivity contribution in [1.82, 2.24) is 5.32 Å². The van der Waals surface area contributed by atoms with Crippen molar-refractivity contribution in [2.75, 3.05) is 18.5 Å². The van der Waals surface area contributed by atoms with Crippen LogP contribution in [-0.4, -0.2) is 25.9 Å². The molecule has 0 saturated heterocycles. The van der Waals surface area contributed by atoms with Crippen LogP contribution in [0.25, 0.3) is 0 Å². The standard InChI is InChI=1S/C12H16N2O2/c1-10-3-5-11(6-4-10)14(2)8-7-12(16)13-9-15/h3-6,9H,7-8H2,1-2H3,(H,13,15,16). The quantitative estimate of drug-likeness (QED) is 0.756. The SMILES string of the molecule is Cc1ccc(N(C)CCC(=O)NC=O)cc1.